The number of hydrogen-bond donors (Lipinski definition) is 1. The molecule has 1 atom stereocenters. The van der Waals surface area contributed by atoms with Crippen LogP contribution >= 0.6 is 0 Å². The molecule has 0 bridgehead atoms. The van der Waals surface area contributed by atoms with Gasteiger partial charge in [-0.2, -0.15) is 0 Å². The molecule has 1 aromatic carbocycles. The maximum Gasteiger partial charge on any atom is 0.256 e. The monoisotopic (exact) mass is 334 g/mol. The summed E-state index contributed by atoms with van der Waals surface area (Å²) in [6.45, 7) is 7.77. The minimum Gasteiger partial charge on any atom is -0.492 e. The number of anilines is 1. The first-order chi connectivity index (χ1) is 11.6. The predicted molar refractivity (Wildman–Crippen MR) is 96.6 cm³/mol. The lowest BCUT2D eigenvalue weighted by molar-refractivity contribution is -0.136. The van der Waals surface area contributed by atoms with Crippen LogP contribution in [0.15, 0.2) is 24.3 Å². The van der Waals surface area contributed by atoms with Gasteiger partial charge in [0.05, 0.1) is 0 Å². The lowest BCUT2D eigenvalue weighted by Gasteiger charge is -2.26. The van der Waals surface area contributed by atoms with Gasteiger partial charge in [-0.05, 0) is 63.5 Å². The van der Waals surface area contributed by atoms with E-state index in [1.165, 1.54) is 32.4 Å². The zero-order chi connectivity index (χ0) is 17.4. The number of carbonyl (C=O) groups excluding carboxylic acids is 1. The van der Waals surface area contributed by atoms with Gasteiger partial charge in [0, 0.05) is 19.3 Å². The third-order valence-corrected chi connectivity index (χ3v) is 4.84. The van der Waals surface area contributed by atoms with Gasteiger partial charge < -0.3 is 14.8 Å². The Morgan fingerprint density at radius 3 is 2.46 bits per heavy atom. The fourth-order valence-corrected chi connectivity index (χ4v) is 2.77. The van der Waals surface area contributed by atoms with E-state index in [1.807, 2.05) is 31.2 Å². The zero-order valence-corrected chi connectivity index (χ0v) is 15.1. The molecule has 0 spiro atoms. The molecule has 1 aliphatic rings. The lowest BCUT2D eigenvalue weighted by Crippen LogP contribution is -2.41. The van der Waals surface area contributed by atoms with Gasteiger partial charge in [0.15, 0.2) is 0 Å². The van der Waals surface area contributed by atoms with Crippen LogP contribution in [0.5, 0.6) is 5.75 Å². The maximum absolute atomic E-state index is 12.3. The summed E-state index contributed by atoms with van der Waals surface area (Å²) >= 11 is 0. The van der Waals surface area contributed by atoms with Crippen molar-refractivity contribution in [2.24, 2.45) is 0 Å². The molecule has 2 rings (SSSR count). The lowest BCUT2D eigenvalue weighted by atomic mass is 10.0. The van der Waals surface area contributed by atoms with E-state index >= 15 is 0 Å². The van der Waals surface area contributed by atoms with Crippen molar-refractivity contribution in [2.45, 2.75) is 45.1 Å². The highest BCUT2D eigenvalue weighted by Gasteiger charge is 2.30. The molecule has 1 aromatic rings. The molecule has 1 N–H and O–H groups in total. The van der Waals surface area contributed by atoms with E-state index in [0.717, 1.165) is 18.0 Å². The van der Waals surface area contributed by atoms with Crippen LogP contribution in [0.3, 0.4) is 0 Å². The number of ether oxygens (including phenoxy) is 2. The van der Waals surface area contributed by atoms with Gasteiger partial charge in [-0.15, -0.1) is 0 Å². The van der Waals surface area contributed by atoms with Crippen molar-refractivity contribution in [3.63, 3.8) is 0 Å². The van der Waals surface area contributed by atoms with E-state index < -0.39 is 5.60 Å². The molecule has 1 fully saturated rings. The van der Waals surface area contributed by atoms with Crippen molar-refractivity contribution in [2.75, 3.05) is 38.7 Å². The van der Waals surface area contributed by atoms with Gasteiger partial charge in [0.25, 0.3) is 5.91 Å². The first-order valence-electron chi connectivity index (χ1n) is 8.89. The summed E-state index contributed by atoms with van der Waals surface area (Å²) in [7, 11) is 1.56. The second kappa shape index (κ2) is 9.04. The third-order valence-electron chi connectivity index (χ3n) is 4.84. The minimum atomic E-state index is -0.802. The van der Waals surface area contributed by atoms with Gasteiger partial charge in [-0.3, -0.25) is 9.69 Å². The summed E-state index contributed by atoms with van der Waals surface area (Å²) in [4.78, 5) is 14.7. The fraction of sp³-hybridized carbons (Fsp3) is 0.632. The largest absolute Gasteiger partial charge is 0.492 e. The molecule has 5 heteroatoms. The Balaban J connectivity index is 1.78. The summed E-state index contributed by atoms with van der Waals surface area (Å²) in [5, 5.41) is 2.89. The molecule has 1 amide bonds. The Morgan fingerprint density at radius 1 is 1.21 bits per heavy atom. The summed E-state index contributed by atoms with van der Waals surface area (Å²) in [6, 6.07) is 7.50. The van der Waals surface area contributed by atoms with Crippen LogP contribution in [0, 0.1) is 0 Å². The van der Waals surface area contributed by atoms with Crippen molar-refractivity contribution in [3.8, 4) is 5.75 Å². The summed E-state index contributed by atoms with van der Waals surface area (Å²) in [5.41, 5.74) is -0.0519. The first kappa shape index (κ1) is 18.7. The summed E-state index contributed by atoms with van der Waals surface area (Å²) in [5.74, 6) is 0.696. The van der Waals surface area contributed by atoms with E-state index in [1.54, 1.807) is 14.0 Å². The molecule has 24 heavy (non-hydrogen) atoms. The average molecular weight is 334 g/mol. The Morgan fingerprint density at radius 2 is 1.88 bits per heavy atom. The number of piperidine rings is 1. The molecule has 1 heterocycles. The number of hydrogen-bond acceptors (Lipinski definition) is 4. The number of benzene rings is 1. The minimum absolute atomic E-state index is 0.133. The van der Waals surface area contributed by atoms with Gasteiger partial charge in [0.2, 0.25) is 0 Å². The highest BCUT2D eigenvalue weighted by molar-refractivity contribution is 5.97. The second-order valence-corrected chi connectivity index (χ2v) is 6.52. The normalized spacial score (nSPS) is 18.0. The molecule has 0 aromatic heterocycles. The van der Waals surface area contributed by atoms with Crippen LogP contribution in [0.2, 0.25) is 0 Å². The molecular weight excluding hydrogens is 304 g/mol. The highest BCUT2D eigenvalue weighted by atomic mass is 16.5. The van der Waals surface area contributed by atoms with Crippen LogP contribution in [0.4, 0.5) is 5.69 Å². The van der Waals surface area contributed by atoms with Crippen molar-refractivity contribution in [1.82, 2.24) is 4.90 Å². The Bertz CT molecular complexity index is 506. The summed E-state index contributed by atoms with van der Waals surface area (Å²) in [6.07, 6.45) is 4.57. The quantitative estimate of drug-likeness (QED) is 0.792. The smallest absolute Gasteiger partial charge is 0.256 e. The number of nitrogens with zero attached hydrogens (tertiary/aromatic N) is 1. The molecule has 1 aliphatic heterocycles. The van der Waals surface area contributed by atoms with E-state index in [4.69, 9.17) is 9.47 Å². The zero-order valence-electron chi connectivity index (χ0n) is 15.1. The van der Waals surface area contributed by atoms with Gasteiger partial charge in [0.1, 0.15) is 18.0 Å². The second-order valence-electron chi connectivity index (χ2n) is 6.52. The number of likely N-dealkylation sites (tertiary alicyclic amines) is 1. The molecule has 0 saturated carbocycles. The number of methoxy groups -OCH3 is 1. The number of nitrogens with one attached hydrogen (secondary N) is 1. The van der Waals surface area contributed by atoms with E-state index in [0.29, 0.717) is 13.0 Å². The highest BCUT2D eigenvalue weighted by Crippen LogP contribution is 2.20. The number of amides is 1. The average Bonchev–Trinajstić information content (AvgIpc) is 2.63. The van der Waals surface area contributed by atoms with Crippen molar-refractivity contribution in [3.05, 3.63) is 24.3 Å². The van der Waals surface area contributed by atoms with Crippen LogP contribution in [-0.2, 0) is 9.53 Å². The fourth-order valence-electron chi connectivity index (χ4n) is 2.77. The third kappa shape index (κ3) is 5.21. The van der Waals surface area contributed by atoms with Gasteiger partial charge >= 0.3 is 0 Å². The van der Waals surface area contributed by atoms with Crippen LogP contribution in [0.1, 0.15) is 39.5 Å². The molecule has 134 valence electrons. The van der Waals surface area contributed by atoms with Crippen molar-refractivity contribution < 1.29 is 14.3 Å². The molecule has 0 radical (unpaired) electrons. The maximum atomic E-state index is 12.3. The Labute approximate surface area is 145 Å². The SMILES string of the molecule is CC[C@](C)(OC)C(=O)Nc1ccc(OCCN2CCCCC2)cc1. The van der Waals surface area contributed by atoms with Gasteiger partial charge in [-0.25, -0.2) is 0 Å². The Hall–Kier alpha value is -1.59. The standard InChI is InChI=1S/C19H30N2O3/c1-4-19(2,23-3)18(22)20-16-8-10-17(11-9-16)24-15-14-21-12-6-5-7-13-21/h8-11H,4-7,12-15H2,1-3H3,(H,20,22)/t19-/m0/s1. The van der Waals surface area contributed by atoms with Crippen LogP contribution < -0.4 is 10.1 Å². The Kier molecular flexibility index (Phi) is 7.06. The molecule has 5 nitrogen and oxygen atoms in total. The molecule has 1 saturated heterocycles. The molecule has 0 unspecified atom stereocenters. The van der Waals surface area contributed by atoms with Gasteiger partial charge in [-0.1, -0.05) is 13.3 Å². The topological polar surface area (TPSA) is 50.8 Å². The van der Waals surface area contributed by atoms with E-state index in [2.05, 4.69) is 10.2 Å². The van der Waals surface area contributed by atoms with E-state index in [-0.39, 0.29) is 5.91 Å². The van der Waals surface area contributed by atoms with Crippen LogP contribution in [0.25, 0.3) is 0 Å². The number of rotatable bonds is 8. The number of carbonyl (C=O) groups is 1. The molecule has 0 aliphatic carbocycles. The van der Waals surface area contributed by atoms with Crippen molar-refractivity contribution >= 4 is 11.6 Å². The van der Waals surface area contributed by atoms with Crippen LogP contribution in [-0.4, -0.2) is 49.8 Å². The van der Waals surface area contributed by atoms with E-state index in [9.17, 15) is 4.79 Å². The first-order valence-corrected chi connectivity index (χ1v) is 8.89. The molecular formula is C19H30N2O3. The summed E-state index contributed by atoms with van der Waals surface area (Å²) < 4.78 is 11.1. The van der Waals surface area contributed by atoms with Crippen molar-refractivity contribution in [1.29, 1.82) is 0 Å². The predicted octanol–water partition coefficient (Wildman–Crippen LogP) is 3.30.